The van der Waals surface area contributed by atoms with Gasteiger partial charge in [0.05, 0.1) is 0 Å². The Kier molecular flexibility index (Phi) is 4.99. The molecule has 1 N–H and O–H groups in total. The molecule has 0 aromatic heterocycles. The summed E-state index contributed by atoms with van der Waals surface area (Å²) < 4.78 is 5.29. The number of rotatable bonds is 4. The summed E-state index contributed by atoms with van der Waals surface area (Å²) in [7, 11) is 0. The van der Waals surface area contributed by atoms with E-state index < -0.39 is 0 Å². The van der Waals surface area contributed by atoms with Gasteiger partial charge in [-0.25, -0.2) is 0 Å². The van der Waals surface area contributed by atoms with E-state index in [-0.39, 0.29) is 17.6 Å². The van der Waals surface area contributed by atoms with E-state index >= 15 is 0 Å². The minimum absolute atomic E-state index is 0.0408. The van der Waals surface area contributed by atoms with Gasteiger partial charge in [0.1, 0.15) is 6.10 Å². The average molecular weight is 187 g/mol. The Bertz CT molecular complexity index is 161. The van der Waals surface area contributed by atoms with Crippen LogP contribution in [-0.2, 0) is 9.53 Å². The molecule has 0 aromatic carbocycles. The van der Waals surface area contributed by atoms with Crippen LogP contribution in [0.2, 0.25) is 0 Å². The Labute approximate surface area is 80.8 Å². The third-order valence-electron chi connectivity index (χ3n) is 1.44. The molecule has 1 amide bonds. The van der Waals surface area contributed by atoms with Gasteiger partial charge >= 0.3 is 0 Å². The largest absolute Gasteiger partial charge is 0.369 e. The van der Waals surface area contributed by atoms with E-state index in [9.17, 15) is 4.79 Å². The van der Waals surface area contributed by atoms with Gasteiger partial charge in [0.25, 0.3) is 0 Å². The standard InChI is InChI=1S/C10H21NO2/c1-6-7-13-8(2)9(12)11-10(3,4)5/h8H,6-7H2,1-5H3,(H,11,12). The Morgan fingerprint density at radius 2 is 2.00 bits per heavy atom. The highest BCUT2D eigenvalue weighted by molar-refractivity contribution is 5.80. The summed E-state index contributed by atoms with van der Waals surface area (Å²) in [4.78, 5) is 11.4. The third-order valence-corrected chi connectivity index (χ3v) is 1.44. The van der Waals surface area contributed by atoms with Crippen LogP contribution in [0.3, 0.4) is 0 Å². The lowest BCUT2D eigenvalue weighted by atomic mass is 10.1. The molecule has 0 radical (unpaired) electrons. The fraction of sp³-hybridized carbons (Fsp3) is 0.900. The molecule has 0 fully saturated rings. The molecule has 78 valence electrons. The number of carbonyl (C=O) groups excluding carboxylic acids is 1. The summed E-state index contributed by atoms with van der Waals surface area (Å²) in [5.74, 6) is -0.0408. The zero-order valence-corrected chi connectivity index (χ0v) is 9.31. The van der Waals surface area contributed by atoms with Crippen LogP contribution in [0.4, 0.5) is 0 Å². The van der Waals surface area contributed by atoms with E-state index in [1.165, 1.54) is 0 Å². The first kappa shape index (κ1) is 12.4. The van der Waals surface area contributed by atoms with Crippen LogP contribution in [0.1, 0.15) is 41.0 Å². The number of carbonyl (C=O) groups is 1. The van der Waals surface area contributed by atoms with E-state index in [1.54, 1.807) is 6.92 Å². The van der Waals surface area contributed by atoms with Gasteiger partial charge in [-0.3, -0.25) is 4.79 Å². The molecule has 3 nitrogen and oxygen atoms in total. The summed E-state index contributed by atoms with van der Waals surface area (Å²) >= 11 is 0. The summed E-state index contributed by atoms with van der Waals surface area (Å²) in [6.07, 6.45) is 0.590. The van der Waals surface area contributed by atoms with Crippen molar-refractivity contribution in [1.82, 2.24) is 5.32 Å². The maximum Gasteiger partial charge on any atom is 0.249 e. The van der Waals surface area contributed by atoms with E-state index in [4.69, 9.17) is 4.74 Å². The molecular weight excluding hydrogens is 166 g/mol. The Balaban J connectivity index is 3.83. The monoisotopic (exact) mass is 187 g/mol. The van der Waals surface area contributed by atoms with Crippen LogP contribution >= 0.6 is 0 Å². The molecule has 0 heterocycles. The van der Waals surface area contributed by atoms with Crippen LogP contribution in [-0.4, -0.2) is 24.2 Å². The second-order valence-electron chi connectivity index (χ2n) is 4.25. The van der Waals surface area contributed by atoms with E-state index in [0.717, 1.165) is 6.42 Å². The second kappa shape index (κ2) is 5.22. The molecule has 0 saturated heterocycles. The topological polar surface area (TPSA) is 38.3 Å². The van der Waals surface area contributed by atoms with Crippen molar-refractivity contribution in [1.29, 1.82) is 0 Å². The maximum atomic E-state index is 11.4. The lowest BCUT2D eigenvalue weighted by Gasteiger charge is -2.23. The highest BCUT2D eigenvalue weighted by atomic mass is 16.5. The smallest absolute Gasteiger partial charge is 0.249 e. The van der Waals surface area contributed by atoms with Gasteiger partial charge in [0, 0.05) is 12.1 Å². The molecule has 0 saturated carbocycles. The van der Waals surface area contributed by atoms with Gasteiger partial charge < -0.3 is 10.1 Å². The van der Waals surface area contributed by atoms with Gasteiger partial charge in [-0.1, -0.05) is 6.92 Å². The molecule has 0 aromatic rings. The van der Waals surface area contributed by atoms with Crippen LogP contribution in [0.15, 0.2) is 0 Å². The fourth-order valence-electron chi connectivity index (χ4n) is 0.842. The van der Waals surface area contributed by atoms with Crippen molar-refractivity contribution in [2.45, 2.75) is 52.7 Å². The number of hydrogen-bond acceptors (Lipinski definition) is 2. The summed E-state index contributed by atoms with van der Waals surface area (Å²) in [5.41, 5.74) is -0.180. The molecule has 1 unspecified atom stereocenters. The summed E-state index contributed by atoms with van der Waals surface area (Å²) in [6, 6.07) is 0. The number of hydrogen-bond donors (Lipinski definition) is 1. The van der Waals surface area contributed by atoms with Crippen LogP contribution in [0.25, 0.3) is 0 Å². The normalized spacial score (nSPS) is 13.9. The molecule has 0 bridgehead atoms. The van der Waals surface area contributed by atoms with Crippen molar-refractivity contribution < 1.29 is 9.53 Å². The molecular formula is C10H21NO2. The number of nitrogens with one attached hydrogen (secondary N) is 1. The van der Waals surface area contributed by atoms with Crippen LogP contribution in [0, 0.1) is 0 Å². The predicted octanol–water partition coefficient (Wildman–Crippen LogP) is 1.72. The lowest BCUT2D eigenvalue weighted by molar-refractivity contribution is -0.133. The first-order valence-electron chi connectivity index (χ1n) is 4.80. The molecule has 13 heavy (non-hydrogen) atoms. The molecule has 3 heteroatoms. The summed E-state index contributed by atoms with van der Waals surface area (Å²) in [6.45, 7) is 10.3. The molecule has 0 aliphatic heterocycles. The van der Waals surface area contributed by atoms with Crippen molar-refractivity contribution in [2.24, 2.45) is 0 Å². The molecule has 0 aliphatic carbocycles. The van der Waals surface area contributed by atoms with Gasteiger partial charge in [-0.15, -0.1) is 0 Å². The van der Waals surface area contributed by atoms with Gasteiger partial charge in [0.2, 0.25) is 5.91 Å². The Morgan fingerprint density at radius 3 is 2.38 bits per heavy atom. The van der Waals surface area contributed by atoms with Crippen LogP contribution < -0.4 is 5.32 Å². The third kappa shape index (κ3) is 6.58. The first-order valence-corrected chi connectivity index (χ1v) is 4.80. The average Bonchev–Trinajstić information content (AvgIpc) is 1.96. The van der Waals surface area contributed by atoms with Crippen molar-refractivity contribution in [3.05, 3.63) is 0 Å². The maximum absolute atomic E-state index is 11.4. The molecule has 0 aliphatic rings. The Hall–Kier alpha value is -0.570. The minimum Gasteiger partial charge on any atom is -0.369 e. The Morgan fingerprint density at radius 1 is 1.46 bits per heavy atom. The van der Waals surface area contributed by atoms with Crippen LogP contribution in [0.5, 0.6) is 0 Å². The van der Waals surface area contributed by atoms with E-state index in [2.05, 4.69) is 5.32 Å². The van der Waals surface area contributed by atoms with Gasteiger partial charge in [0.15, 0.2) is 0 Å². The number of ether oxygens (including phenoxy) is 1. The summed E-state index contributed by atoms with van der Waals surface area (Å²) in [5, 5.41) is 2.86. The van der Waals surface area contributed by atoms with Crippen molar-refractivity contribution >= 4 is 5.91 Å². The quantitative estimate of drug-likeness (QED) is 0.727. The SMILES string of the molecule is CCCOC(C)C(=O)NC(C)(C)C. The highest BCUT2D eigenvalue weighted by Crippen LogP contribution is 2.01. The predicted molar refractivity (Wildman–Crippen MR) is 53.6 cm³/mol. The van der Waals surface area contributed by atoms with Crippen molar-refractivity contribution in [2.75, 3.05) is 6.61 Å². The zero-order chi connectivity index (χ0) is 10.5. The van der Waals surface area contributed by atoms with E-state index in [0.29, 0.717) is 6.61 Å². The van der Waals surface area contributed by atoms with Crippen molar-refractivity contribution in [3.8, 4) is 0 Å². The second-order valence-corrected chi connectivity index (χ2v) is 4.25. The first-order chi connectivity index (χ1) is 5.87. The van der Waals surface area contributed by atoms with Crippen molar-refractivity contribution in [3.63, 3.8) is 0 Å². The minimum atomic E-state index is -0.348. The van der Waals surface area contributed by atoms with Gasteiger partial charge in [-0.05, 0) is 34.1 Å². The lowest BCUT2D eigenvalue weighted by Crippen LogP contribution is -2.45. The molecule has 0 rings (SSSR count). The molecule has 0 spiro atoms. The fourth-order valence-corrected chi connectivity index (χ4v) is 0.842. The highest BCUT2D eigenvalue weighted by Gasteiger charge is 2.18. The number of amides is 1. The molecule has 1 atom stereocenters. The van der Waals surface area contributed by atoms with Gasteiger partial charge in [-0.2, -0.15) is 0 Å². The zero-order valence-electron chi connectivity index (χ0n) is 9.31. The van der Waals surface area contributed by atoms with E-state index in [1.807, 2.05) is 27.7 Å².